The minimum absolute atomic E-state index is 0.00401. The standard InChI is InChI=1S/C15H17N3O3/c1-11(18-6-2-5-17-18)7-15(19)16-9-12-3-4-13-14(8-12)21-10-20-13/h2-6,8,11H,7,9-10H2,1H3,(H,16,19)/t11-/m1/s1. The molecule has 1 atom stereocenters. The second-order valence-electron chi connectivity index (χ2n) is 5.00. The highest BCUT2D eigenvalue weighted by molar-refractivity contribution is 5.76. The molecule has 6 heteroatoms. The van der Waals surface area contributed by atoms with Crippen LogP contribution in [0.25, 0.3) is 0 Å². The van der Waals surface area contributed by atoms with Crippen LogP contribution in [-0.2, 0) is 11.3 Å². The fourth-order valence-electron chi connectivity index (χ4n) is 2.23. The summed E-state index contributed by atoms with van der Waals surface area (Å²) in [5.74, 6) is 1.47. The maximum Gasteiger partial charge on any atom is 0.231 e. The van der Waals surface area contributed by atoms with Crippen LogP contribution in [0.2, 0.25) is 0 Å². The van der Waals surface area contributed by atoms with Crippen LogP contribution in [0, 0.1) is 0 Å². The number of rotatable bonds is 5. The molecule has 0 spiro atoms. The van der Waals surface area contributed by atoms with E-state index in [0.29, 0.717) is 13.0 Å². The van der Waals surface area contributed by atoms with E-state index in [-0.39, 0.29) is 18.7 Å². The lowest BCUT2D eigenvalue weighted by atomic mass is 10.2. The Morgan fingerprint density at radius 1 is 1.43 bits per heavy atom. The molecule has 0 aliphatic carbocycles. The van der Waals surface area contributed by atoms with Gasteiger partial charge in [0.05, 0.1) is 6.04 Å². The lowest BCUT2D eigenvalue weighted by Crippen LogP contribution is -2.25. The lowest BCUT2D eigenvalue weighted by Gasteiger charge is -2.12. The van der Waals surface area contributed by atoms with Crippen molar-refractivity contribution in [3.8, 4) is 11.5 Å². The Balaban J connectivity index is 1.52. The summed E-state index contributed by atoms with van der Waals surface area (Å²) in [4.78, 5) is 11.9. The van der Waals surface area contributed by atoms with Crippen LogP contribution >= 0.6 is 0 Å². The molecule has 0 unspecified atom stereocenters. The van der Waals surface area contributed by atoms with Crippen LogP contribution in [0.3, 0.4) is 0 Å². The normalized spacial score (nSPS) is 14.0. The van der Waals surface area contributed by atoms with E-state index in [4.69, 9.17) is 9.47 Å². The van der Waals surface area contributed by atoms with Crippen molar-refractivity contribution in [2.45, 2.75) is 25.9 Å². The van der Waals surface area contributed by atoms with Gasteiger partial charge in [0.2, 0.25) is 12.7 Å². The number of ether oxygens (including phenoxy) is 2. The molecule has 2 aromatic rings. The van der Waals surface area contributed by atoms with Crippen molar-refractivity contribution < 1.29 is 14.3 Å². The molecule has 1 N–H and O–H groups in total. The van der Waals surface area contributed by atoms with Gasteiger partial charge in [0.15, 0.2) is 11.5 Å². The van der Waals surface area contributed by atoms with Crippen molar-refractivity contribution in [2.24, 2.45) is 0 Å². The molecule has 110 valence electrons. The first-order valence-corrected chi connectivity index (χ1v) is 6.87. The predicted molar refractivity (Wildman–Crippen MR) is 76.0 cm³/mol. The molecule has 1 amide bonds. The Labute approximate surface area is 122 Å². The fraction of sp³-hybridized carbons (Fsp3) is 0.333. The molecule has 1 aromatic heterocycles. The number of hydrogen-bond donors (Lipinski definition) is 1. The Hall–Kier alpha value is -2.50. The number of hydrogen-bond acceptors (Lipinski definition) is 4. The van der Waals surface area contributed by atoms with Gasteiger partial charge in [0.25, 0.3) is 0 Å². The number of benzene rings is 1. The van der Waals surface area contributed by atoms with Crippen LogP contribution in [0.1, 0.15) is 24.9 Å². The molecule has 1 aliphatic rings. The highest BCUT2D eigenvalue weighted by Gasteiger charge is 2.14. The van der Waals surface area contributed by atoms with Crippen molar-refractivity contribution in [3.63, 3.8) is 0 Å². The highest BCUT2D eigenvalue weighted by atomic mass is 16.7. The molecule has 0 saturated carbocycles. The summed E-state index contributed by atoms with van der Waals surface area (Å²) >= 11 is 0. The summed E-state index contributed by atoms with van der Waals surface area (Å²) < 4.78 is 12.3. The highest BCUT2D eigenvalue weighted by Crippen LogP contribution is 2.32. The molecule has 21 heavy (non-hydrogen) atoms. The zero-order valence-electron chi connectivity index (χ0n) is 11.8. The predicted octanol–water partition coefficient (Wildman–Crippen LogP) is 1.88. The van der Waals surface area contributed by atoms with Crippen LogP contribution < -0.4 is 14.8 Å². The maximum atomic E-state index is 11.9. The van der Waals surface area contributed by atoms with Crippen LogP contribution in [0.5, 0.6) is 11.5 Å². The second kappa shape index (κ2) is 5.87. The molecule has 6 nitrogen and oxygen atoms in total. The van der Waals surface area contributed by atoms with Crippen molar-refractivity contribution in [1.82, 2.24) is 15.1 Å². The number of nitrogens with zero attached hydrogens (tertiary/aromatic N) is 2. The first-order valence-electron chi connectivity index (χ1n) is 6.87. The van der Waals surface area contributed by atoms with Gasteiger partial charge < -0.3 is 14.8 Å². The number of carbonyl (C=O) groups is 1. The van der Waals surface area contributed by atoms with Gasteiger partial charge in [0.1, 0.15) is 0 Å². The Morgan fingerprint density at radius 2 is 2.29 bits per heavy atom. The third-order valence-electron chi connectivity index (χ3n) is 3.38. The van der Waals surface area contributed by atoms with Gasteiger partial charge in [-0.3, -0.25) is 9.48 Å². The summed E-state index contributed by atoms with van der Waals surface area (Å²) in [6.07, 6.45) is 3.96. The average Bonchev–Trinajstić information content (AvgIpc) is 3.15. The summed E-state index contributed by atoms with van der Waals surface area (Å²) in [5.41, 5.74) is 0.986. The Bertz CT molecular complexity index is 625. The third-order valence-corrected chi connectivity index (χ3v) is 3.38. The molecule has 0 saturated heterocycles. The zero-order valence-corrected chi connectivity index (χ0v) is 11.8. The van der Waals surface area contributed by atoms with E-state index in [1.807, 2.05) is 37.4 Å². The van der Waals surface area contributed by atoms with E-state index >= 15 is 0 Å². The monoisotopic (exact) mass is 287 g/mol. The number of nitrogens with one attached hydrogen (secondary N) is 1. The van der Waals surface area contributed by atoms with E-state index < -0.39 is 0 Å². The minimum atomic E-state index is -0.00401. The van der Waals surface area contributed by atoms with Gasteiger partial charge >= 0.3 is 0 Å². The summed E-state index contributed by atoms with van der Waals surface area (Å²) in [7, 11) is 0. The zero-order chi connectivity index (χ0) is 14.7. The first-order chi connectivity index (χ1) is 10.2. The van der Waals surface area contributed by atoms with E-state index in [1.165, 1.54) is 0 Å². The van der Waals surface area contributed by atoms with E-state index in [0.717, 1.165) is 17.1 Å². The molecule has 0 bridgehead atoms. The van der Waals surface area contributed by atoms with Crippen LogP contribution in [0.15, 0.2) is 36.7 Å². The average molecular weight is 287 g/mol. The topological polar surface area (TPSA) is 65.4 Å². The molecular formula is C15H17N3O3. The van der Waals surface area contributed by atoms with Gasteiger partial charge in [0, 0.05) is 25.4 Å². The smallest absolute Gasteiger partial charge is 0.231 e. The van der Waals surface area contributed by atoms with E-state index in [1.54, 1.807) is 10.9 Å². The van der Waals surface area contributed by atoms with Crippen LogP contribution in [-0.4, -0.2) is 22.5 Å². The van der Waals surface area contributed by atoms with Crippen molar-refractivity contribution in [3.05, 3.63) is 42.2 Å². The molecule has 1 aliphatic heterocycles. The Kier molecular flexibility index (Phi) is 3.77. The fourth-order valence-corrected chi connectivity index (χ4v) is 2.23. The van der Waals surface area contributed by atoms with Crippen molar-refractivity contribution >= 4 is 5.91 Å². The summed E-state index contributed by atoms with van der Waals surface area (Å²) in [5, 5.41) is 7.04. The third kappa shape index (κ3) is 3.16. The van der Waals surface area contributed by atoms with Gasteiger partial charge in [-0.25, -0.2) is 0 Å². The number of aromatic nitrogens is 2. The second-order valence-corrected chi connectivity index (χ2v) is 5.00. The minimum Gasteiger partial charge on any atom is -0.454 e. The number of amides is 1. The molecule has 1 aromatic carbocycles. The maximum absolute atomic E-state index is 11.9. The molecular weight excluding hydrogens is 270 g/mol. The number of carbonyl (C=O) groups excluding carboxylic acids is 1. The van der Waals surface area contributed by atoms with E-state index in [9.17, 15) is 4.79 Å². The molecule has 0 radical (unpaired) electrons. The summed E-state index contributed by atoms with van der Waals surface area (Å²) in [6, 6.07) is 7.55. The van der Waals surface area contributed by atoms with Crippen molar-refractivity contribution in [1.29, 1.82) is 0 Å². The van der Waals surface area contributed by atoms with Gasteiger partial charge in [-0.2, -0.15) is 5.10 Å². The van der Waals surface area contributed by atoms with Gasteiger partial charge in [-0.1, -0.05) is 6.07 Å². The first kappa shape index (κ1) is 13.5. The van der Waals surface area contributed by atoms with Crippen LogP contribution in [0.4, 0.5) is 0 Å². The summed E-state index contributed by atoms with van der Waals surface area (Å²) in [6.45, 7) is 2.70. The molecule has 2 heterocycles. The van der Waals surface area contributed by atoms with Crippen molar-refractivity contribution in [2.75, 3.05) is 6.79 Å². The molecule has 0 fully saturated rings. The lowest BCUT2D eigenvalue weighted by molar-refractivity contribution is -0.122. The Morgan fingerprint density at radius 3 is 3.10 bits per heavy atom. The van der Waals surface area contributed by atoms with E-state index in [2.05, 4.69) is 10.4 Å². The van der Waals surface area contributed by atoms with Gasteiger partial charge in [-0.15, -0.1) is 0 Å². The largest absolute Gasteiger partial charge is 0.454 e. The molecule has 3 rings (SSSR count). The quantitative estimate of drug-likeness (QED) is 0.912. The number of fused-ring (bicyclic) bond motifs is 1. The SMILES string of the molecule is C[C@H](CC(=O)NCc1ccc2c(c1)OCO2)n1cccn1. The van der Waals surface area contributed by atoms with Gasteiger partial charge in [-0.05, 0) is 30.7 Å².